The third-order valence-corrected chi connectivity index (χ3v) is 4.84. The number of hydrogen-bond donors (Lipinski definition) is 1. The molecule has 0 amide bonds. The molecular weight excluding hydrogens is 268 g/mol. The van der Waals surface area contributed by atoms with Crippen molar-refractivity contribution in [2.24, 2.45) is 11.8 Å². The fraction of sp³-hybridized carbons (Fsp3) is 0.529. The first kappa shape index (κ1) is 14.1. The number of carbonyl (C=O) groups is 2. The standard InChI is InChI=1S/C17H20O4/c1-10(17(19)20)11-6-7-14-15(8-11)21-9-12-4-2-3-5-13(12)16(14)18/h6-8,10,12-13H,2-5,9H2,1H3,(H,19,20). The van der Waals surface area contributed by atoms with Gasteiger partial charge in [-0.05, 0) is 37.5 Å². The number of Topliss-reactive ketones (excluding diaryl/α,β-unsaturated/α-hetero) is 1. The zero-order chi connectivity index (χ0) is 15.0. The number of carbonyl (C=O) groups excluding carboxylic acids is 1. The summed E-state index contributed by atoms with van der Waals surface area (Å²) in [5.74, 6) is -0.369. The average Bonchev–Trinajstić information content (AvgIpc) is 2.64. The Morgan fingerprint density at radius 3 is 2.86 bits per heavy atom. The Balaban J connectivity index is 1.95. The Kier molecular flexibility index (Phi) is 3.70. The van der Waals surface area contributed by atoms with Gasteiger partial charge in [-0.3, -0.25) is 9.59 Å². The number of aliphatic carboxylic acids is 1. The van der Waals surface area contributed by atoms with Crippen molar-refractivity contribution < 1.29 is 19.4 Å². The summed E-state index contributed by atoms with van der Waals surface area (Å²) < 4.78 is 5.85. The molecule has 1 aromatic carbocycles. The molecule has 1 fully saturated rings. The lowest BCUT2D eigenvalue weighted by molar-refractivity contribution is -0.138. The van der Waals surface area contributed by atoms with Crippen LogP contribution in [0, 0.1) is 11.8 Å². The quantitative estimate of drug-likeness (QED) is 0.907. The van der Waals surface area contributed by atoms with E-state index in [-0.39, 0.29) is 11.7 Å². The number of ketones is 1. The summed E-state index contributed by atoms with van der Waals surface area (Å²) in [6.45, 7) is 2.21. The highest BCUT2D eigenvalue weighted by molar-refractivity contribution is 6.01. The first-order valence-corrected chi connectivity index (χ1v) is 7.61. The van der Waals surface area contributed by atoms with Gasteiger partial charge in [-0.25, -0.2) is 0 Å². The summed E-state index contributed by atoms with van der Waals surface area (Å²) in [5.41, 5.74) is 1.30. The van der Waals surface area contributed by atoms with Crippen molar-refractivity contribution >= 4 is 11.8 Å². The summed E-state index contributed by atoms with van der Waals surface area (Å²) in [6.07, 6.45) is 4.26. The predicted molar refractivity (Wildman–Crippen MR) is 77.8 cm³/mol. The summed E-state index contributed by atoms with van der Waals surface area (Å²) >= 11 is 0. The van der Waals surface area contributed by atoms with Crippen LogP contribution in [0.25, 0.3) is 0 Å². The number of carboxylic acids is 1. The number of hydrogen-bond acceptors (Lipinski definition) is 3. The van der Waals surface area contributed by atoms with Crippen molar-refractivity contribution in [2.75, 3.05) is 6.61 Å². The van der Waals surface area contributed by atoms with Crippen LogP contribution in [-0.4, -0.2) is 23.5 Å². The Labute approximate surface area is 124 Å². The summed E-state index contributed by atoms with van der Waals surface area (Å²) in [7, 11) is 0. The molecule has 0 saturated heterocycles. The molecule has 3 unspecified atom stereocenters. The van der Waals surface area contributed by atoms with Crippen LogP contribution in [0.3, 0.4) is 0 Å². The molecule has 0 radical (unpaired) electrons. The third kappa shape index (κ3) is 2.55. The van der Waals surface area contributed by atoms with Gasteiger partial charge < -0.3 is 9.84 Å². The van der Waals surface area contributed by atoms with Crippen molar-refractivity contribution in [1.82, 2.24) is 0 Å². The van der Waals surface area contributed by atoms with E-state index in [1.165, 1.54) is 0 Å². The number of benzene rings is 1. The van der Waals surface area contributed by atoms with E-state index < -0.39 is 11.9 Å². The number of rotatable bonds is 2. The first-order valence-electron chi connectivity index (χ1n) is 7.61. The molecule has 1 heterocycles. The predicted octanol–water partition coefficient (Wildman–Crippen LogP) is 3.26. The Hall–Kier alpha value is -1.84. The molecule has 3 atom stereocenters. The van der Waals surface area contributed by atoms with Crippen LogP contribution in [-0.2, 0) is 4.79 Å². The van der Waals surface area contributed by atoms with Gasteiger partial charge in [-0.15, -0.1) is 0 Å². The smallest absolute Gasteiger partial charge is 0.310 e. The van der Waals surface area contributed by atoms with Crippen LogP contribution in [0.15, 0.2) is 18.2 Å². The topological polar surface area (TPSA) is 63.6 Å². The van der Waals surface area contributed by atoms with E-state index in [0.717, 1.165) is 25.7 Å². The zero-order valence-corrected chi connectivity index (χ0v) is 12.2. The van der Waals surface area contributed by atoms with Gasteiger partial charge in [-0.1, -0.05) is 18.9 Å². The lowest BCUT2D eigenvalue weighted by Crippen LogP contribution is -2.28. The molecule has 1 N–H and O–H groups in total. The second kappa shape index (κ2) is 5.51. The number of fused-ring (bicyclic) bond motifs is 2. The minimum Gasteiger partial charge on any atom is -0.493 e. The van der Waals surface area contributed by atoms with Crippen molar-refractivity contribution in [3.05, 3.63) is 29.3 Å². The number of ether oxygens (including phenoxy) is 1. The SMILES string of the molecule is CC(C(=O)O)c1ccc2c(c1)OCC1CCCCC1C2=O. The molecular formula is C17H20O4. The van der Waals surface area contributed by atoms with Crippen molar-refractivity contribution in [3.8, 4) is 5.75 Å². The van der Waals surface area contributed by atoms with E-state index in [2.05, 4.69) is 0 Å². The fourth-order valence-corrected chi connectivity index (χ4v) is 3.42. The number of carboxylic acid groups (broad SMARTS) is 1. The lowest BCUT2D eigenvalue weighted by atomic mass is 9.76. The van der Waals surface area contributed by atoms with Gasteiger partial charge in [0.25, 0.3) is 0 Å². The highest BCUT2D eigenvalue weighted by atomic mass is 16.5. The maximum Gasteiger partial charge on any atom is 0.310 e. The third-order valence-electron chi connectivity index (χ3n) is 4.84. The van der Waals surface area contributed by atoms with E-state index in [1.807, 2.05) is 0 Å². The molecule has 0 spiro atoms. The van der Waals surface area contributed by atoms with Gasteiger partial charge in [0.1, 0.15) is 5.75 Å². The first-order chi connectivity index (χ1) is 10.1. The molecule has 4 heteroatoms. The van der Waals surface area contributed by atoms with Gasteiger partial charge in [0, 0.05) is 11.8 Å². The summed E-state index contributed by atoms with van der Waals surface area (Å²) in [6, 6.07) is 5.20. The monoisotopic (exact) mass is 288 g/mol. The fourth-order valence-electron chi connectivity index (χ4n) is 3.42. The van der Waals surface area contributed by atoms with Crippen LogP contribution in [0.4, 0.5) is 0 Å². The zero-order valence-electron chi connectivity index (χ0n) is 12.2. The highest BCUT2D eigenvalue weighted by Gasteiger charge is 2.36. The van der Waals surface area contributed by atoms with E-state index in [1.54, 1.807) is 25.1 Å². The van der Waals surface area contributed by atoms with Gasteiger partial charge in [0.2, 0.25) is 0 Å². The van der Waals surface area contributed by atoms with Crippen LogP contribution < -0.4 is 4.74 Å². The van der Waals surface area contributed by atoms with Crippen LogP contribution in [0.1, 0.15) is 54.4 Å². The van der Waals surface area contributed by atoms with Gasteiger partial charge >= 0.3 is 5.97 Å². The Bertz CT molecular complexity index is 578. The van der Waals surface area contributed by atoms with Gasteiger partial charge in [0.15, 0.2) is 5.78 Å². The van der Waals surface area contributed by atoms with Crippen LogP contribution >= 0.6 is 0 Å². The van der Waals surface area contributed by atoms with Crippen LogP contribution in [0.2, 0.25) is 0 Å². The largest absolute Gasteiger partial charge is 0.493 e. The van der Waals surface area contributed by atoms with Gasteiger partial charge in [-0.2, -0.15) is 0 Å². The summed E-state index contributed by atoms with van der Waals surface area (Å²) in [5, 5.41) is 9.11. The van der Waals surface area contributed by atoms with E-state index in [0.29, 0.717) is 29.4 Å². The second-order valence-corrected chi connectivity index (χ2v) is 6.14. The molecule has 3 rings (SSSR count). The molecule has 1 aromatic rings. The Morgan fingerprint density at radius 2 is 2.10 bits per heavy atom. The van der Waals surface area contributed by atoms with E-state index >= 15 is 0 Å². The van der Waals surface area contributed by atoms with E-state index in [9.17, 15) is 9.59 Å². The normalized spacial score (nSPS) is 26.0. The van der Waals surface area contributed by atoms with E-state index in [4.69, 9.17) is 9.84 Å². The second-order valence-electron chi connectivity index (χ2n) is 6.14. The molecule has 1 aliphatic heterocycles. The van der Waals surface area contributed by atoms with Crippen molar-refractivity contribution in [2.45, 2.75) is 38.5 Å². The average molecular weight is 288 g/mol. The molecule has 2 aliphatic rings. The van der Waals surface area contributed by atoms with Crippen LogP contribution in [0.5, 0.6) is 5.75 Å². The van der Waals surface area contributed by atoms with Crippen molar-refractivity contribution in [1.29, 1.82) is 0 Å². The minimum atomic E-state index is -0.872. The molecule has 0 bridgehead atoms. The molecule has 1 aliphatic carbocycles. The molecule has 1 saturated carbocycles. The lowest BCUT2D eigenvalue weighted by Gasteiger charge is -2.27. The molecule has 21 heavy (non-hydrogen) atoms. The molecule has 0 aromatic heterocycles. The minimum absolute atomic E-state index is 0.0720. The summed E-state index contributed by atoms with van der Waals surface area (Å²) in [4.78, 5) is 23.8. The van der Waals surface area contributed by atoms with Gasteiger partial charge in [0.05, 0.1) is 18.1 Å². The maximum absolute atomic E-state index is 12.7. The maximum atomic E-state index is 12.7. The molecule has 112 valence electrons. The highest BCUT2D eigenvalue weighted by Crippen LogP contribution is 2.38. The Morgan fingerprint density at radius 1 is 1.33 bits per heavy atom. The van der Waals surface area contributed by atoms with Crippen molar-refractivity contribution in [3.63, 3.8) is 0 Å². The molecule has 4 nitrogen and oxygen atoms in total.